The van der Waals surface area contributed by atoms with Crippen LogP contribution in [0.4, 0.5) is 36.8 Å². The van der Waals surface area contributed by atoms with Gasteiger partial charge in [-0.2, -0.15) is 31.4 Å². The largest absolute Gasteiger partial charge is 0.493 e. The Hall–Kier alpha value is -4.55. The predicted octanol–water partition coefficient (Wildman–Crippen LogP) is 6.56. The molecular formula is C36H43ClF6N6O6. The van der Waals surface area contributed by atoms with Gasteiger partial charge in [-0.3, -0.25) is 4.79 Å². The minimum Gasteiger partial charge on any atom is -0.361 e. The monoisotopic (exact) mass is 804 g/mol. The Morgan fingerprint density at radius 2 is 1.58 bits per heavy atom. The maximum absolute atomic E-state index is 15.1. The first-order chi connectivity index (χ1) is 25.8. The zero-order valence-electron chi connectivity index (χ0n) is 30.8. The molecule has 1 aromatic heterocycles. The van der Waals surface area contributed by atoms with Crippen molar-refractivity contribution < 1.29 is 55.2 Å². The molecule has 0 saturated heterocycles. The van der Waals surface area contributed by atoms with E-state index in [-0.39, 0.29) is 41.1 Å². The molecule has 1 aliphatic rings. The Balaban J connectivity index is 1.93. The molecule has 0 bridgehead atoms. The lowest BCUT2D eigenvalue weighted by atomic mass is 9.88. The summed E-state index contributed by atoms with van der Waals surface area (Å²) in [5, 5.41) is 0.460. The van der Waals surface area contributed by atoms with Gasteiger partial charge in [-0.1, -0.05) is 50.6 Å². The van der Waals surface area contributed by atoms with Crippen LogP contribution in [-0.4, -0.2) is 121 Å². The summed E-state index contributed by atoms with van der Waals surface area (Å²) in [7, 11) is 3.60. The molecule has 55 heavy (non-hydrogen) atoms. The number of rotatable bonds is 12. The number of nitrogens with zero attached hydrogens (tertiary/aromatic N) is 5. The van der Waals surface area contributed by atoms with Crippen molar-refractivity contribution in [3.8, 4) is 0 Å². The van der Waals surface area contributed by atoms with E-state index in [4.69, 9.17) is 16.4 Å². The van der Waals surface area contributed by atoms with Gasteiger partial charge in [0.1, 0.15) is 0 Å². The highest BCUT2D eigenvalue weighted by Crippen LogP contribution is 2.37. The van der Waals surface area contributed by atoms with E-state index in [1.54, 1.807) is 58.3 Å². The van der Waals surface area contributed by atoms with E-state index >= 15 is 4.79 Å². The van der Waals surface area contributed by atoms with Crippen LogP contribution in [0, 0.1) is 5.92 Å². The number of anilines is 1. The molecular weight excluding hydrogens is 762 g/mol. The maximum Gasteiger partial charge on any atom is 0.493 e. The average Bonchev–Trinajstić information content (AvgIpc) is 3.55. The summed E-state index contributed by atoms with van der Waals surface area (Å²) in [5.41, 5.74) is 1.73. The molecule has 0 fully saturated rings. The topological polar surface area (TPSA) is 119 Å². The van der Waals surface area contributed by atoms with Crippen LogP contribution in [0.1, 0.15) is 44.2 Å². The first-order valence-electron chi connectivity index (χ1n) is 17.5. The number of amides is 3. The molecule has 0 spiro atoms. The average molecular weight is 805 g/mol. The van der Waals surface area contributed by atoms with Crippen LogP contribution in [0.3, 0.4) is 0 Å². The number of para-hydroxylation sites is 1. The van der Waals surface area contributed by atoms with Gasteiger partial charge < -0.3 is 29.4 Å². The lowest BCUT2D eigenvalue weighted by molar-refractivity contribution is -0.249. The van der Waals surface area contributed by atoms with E-state index in [1.807, 2.05) is 9.80 Å². The van der Waals surface area contributed by atoms with Crippen LogP contribution in [0.25, 0.3) is 10.9 Å². The number of urea groups is 1. The minimum absolute atomic E-state index is 0.0192. The Morgan fingerprint density at radius 1 is 0.945 bits per heavy atom. The van der Waals surface area contributed by atoms with Gasteiger partial charge in [0.05, 0.1) is 6.54 Å². The molecule has 1 aliphatic heterocycles. The lowest BCUT2D eigenvalue weighted by Crippen LogP contribution is -2.59. The summed E-state index contributed by atoms with van der Waals surface area (Å²) >= 11 is 6.31. The normalized spacial score (nSPS) is 15.8. The van der Waals surface area contributed by atoms with Crippen LogP contribution < -0.4 is 4.90 Å². The van der Waals surface area contributed by atoms with Crippen LogP contribution in [0.5, 0.6) is 0 Å². The summed E-state index contributed by atoms with van der Waals surface area (Å²) < 4.78 is 82.4. The Kier molecular flexibility index (Phi) is 14.1. The molecule has 12 nitrogen and oxygen atoms in total. The first kappa shape index (κ1) is 43.2. The number of halogens is 7. The van der Waals surface area contributed by atoms with E-state index in [0.29, 0.717) is 53.2 Å². The molecule has 3 aromatic rings. The van der Waals surface area contributed by atoms with Crippen LogP contribution >= 0.6 is 11.6 Å². The summed E-state index contributed by atoms with van der Waals surface area (Å²) in [6.45, 7) is 5.78. The van der Waals surface area contributed by atoms with Crippen molar-refractivity contribution in [2.45, 2.75) is 57.9 Å². The van der Waals surface area contributed by atoms with E-state index in [1.165, 1.54) is 30.2 Å². The Labute approximate surface area is 318 Å². The first-order valence-corrected chi connectivity index (χ1v) is 17.9. The summed E-state index contributed by atoms with van der Waals surface area (Å²) in [6.07, 6.45) is -9.62. The van der Waals surface area contributed by atoms with Crippen molar-refractivity contribution in [2.24, 2.45) is 5.92 Å². The molecule has 19 heteroatoms. The Morgan fingerprint density at radius 3 is 2.20 bits per heavy atom. The number of hydrogen-bond donors (Lipinski definition) is 1. The summed E-state index contributed by atoms with van der Waals surface area (Å²) in [4.78, 5) is 71.3. The second-order valence-electron chi connectivity index (χ2n) is 13.4. The molecule has 302 valence electrons. The van der Waals surface area contributed by atoms with Crippen molar-refractivity contribution in [3.05, 3.63) is 64.8 Å². The standard InChI is InChI=1S/C36H43ClF6N6O6/c1-6-46(7-2)15-10-16-48(54-32(51)35(38,39)40)34(53)49(55-33(52)36(41,42)43)30(22(3)27-19-44-28-12-9-8-11-26(27)28)31(50)47-21-23(20-45(4)5)17-24-18-25(37)13-14-29(24)47/h8-9,11-14,18-19,22-23,30,44H,6-7,10,15-17,20-21H2,1-5H3/t22?,23-,30?/m1/s1. The minimum atomic E-state index is -5.74. The third kappa shape index (κ3) is 10.6. The van der Waals surface area contributed by atoms with Crippen molar-refractivity contribution in [3.63, 3.8) is 0 Å². The van der Waals surface area contributed by atoms with Crippen LogP contribution in [-0.2, 0) is 30.5 Å². The SMILES string of the molecule is CCN(CC)CCCN(OC(=O)C(F)(F)F)C(=O)N(OC(=O)C(F)(F)F)C(C(=O)N1C[C@@H](CN(C)C)Cc2cc(Cl)ccc21)C(C)c1c[nH]c2ccccc12. The molecule has 0 radical (unpaired) electrons. The van der Waals surface area contributed by atoms with E-state index in [9.17, 15) is 40.7 Å². The van der Waals surface area contributed by atoms with Gasteiger partial charge in [0.25, 0.3) is 5.91 Å². The number of nitrogens with one attached hydrogen (secondary N) is 1. The molecule has 2 aromatic carbocycles. The molecule has 4 rings (SSSR count). The molecule has 2 heterocycles. The third-order valence-corrected chi connectivity index (χ3v) is 9.47. The smallest absolute Gasteiger partial charge is 0.361 e. The van der Waals surface area contributed by atoms with Crippen molar-refractivity contribution in [2.75, 3.05) is 58.3 Å². The zero-order chi connectivity index (χ0) is 40.8. The van der Waals surface area contributed by atoms with Crippen LogP contribution in [0.2, 0.25) is 5.02 Å². The summed E-state index contributed by atoms with van der Waals surface area (Å²) in [6, 6.07) is 7.20. The number of aromatic nitrogens is 1. The highest BCUT2D eigenvalue weighted by molar-refractivity contribution is 6.30. The van der Waals surface area contributed by atoms with Gasteiger partial charge in [-0.15, -0.1) is 5.06 Å². The number of hydroxylamine groups is 4. The fraction of sp³-hybridized carbons (Fsp3) is 0.500. The molecule has 0 saturated carbocycles. The van der Waals surface area contributed by atoms with Crippen molar-refractivity contribution in [1.82, 2.24) is 24.9 Å². The second kappa shape index (κ2) is 17.9. The second-order valence-corrected chi connectivity index (χ2v) is 13.9. The third-order valence-electron chi connectivity index (χ3n) is 9.23. The molecule has 0 aliphatic carbocycles. The number of benzene rings is 2. The summed E-state index contributed by atoms with van der Waals surface area (Å²) in [5.74, 6) is -8.44. The number of aromatic amines is 1. The van der Waals surface area contributed by atoms with Gasteiger partial charge >= 0.3 is 30.3 Å². The highest BCUT2D eigenvalue weighted by atomic mass is 35.5. The van der Waals surface area contributed by atoms with Gasteiger partial charge in [0, 0.05) is 46.8 Å². The van der Waals surface area contributed by atoms with E-state index in [0.717, 1.165) is 0 Å². The Bertz CT molecular complexity index is 1830. The number of hydrogen-bond acceptors (Lipinski definition) is 8. The maximum atomic E-state index is 15.1. The highest BCUT2D eigenvalue weighted by Gasteiger charge is 2.51. The predicted molar refractivity (Wildman–Crippen MR) is 191 cm³/mol. The molecule has 3 atom stereocenters. The number of fused-ring (bicyclic) bond motifs is 2. The van der Waals surface area contributed by atoms with Gasteiger partial charge in [0.15, 0.2) is 6.04 Å². The van der Waals surface area contributed by atoms with Gasteiger partial charge in [0.2, 0.25) is 0 Å². The lowest BCUT2D eigenvalue weighted by Gasteiger charge is -2.41. The van der Waals surface area contributed by atoms with Crippen LogP contribution in [0.15, 0.2) is 48.7 Å². The van der Waals surface area contributed by atoms with Gasteiger partial charge in [-0.25, -0.2) is 14.4 Å². The fourth-order valence-corrected chi connectivity index (χ4v) is 6.85. The van der Waals surface area contributed by atoms with Gasteiger partial charge in [-0.05, 0) is 87.9 Å². The van der Waals surface area contributed by atoms with E-state index < -0.39 is 54.7 Å². The number of carbonyl (C=O) groups is 4. The quantitative estimate of drug-likeness (QED) is 0.162. The molecule has 1 N–H and O–H groups in total. The number of carbonyl (C=O) groups excluding carboxylic acids is 4. The molecule has 3 amide bonds. The van der Waals surface area contributed by atoms with Crippen molar-refractivity contribution >= 4 is 52.1 Å². The van der Waals surface area contributed by atoms with Crippen molar-refractivity contribution in [1.29, 1.82) is 0 Å². The molecule has 2 unspecified atom stereocenters. The van der Waals surface area contributed by atoms with E-state index in [2.05, 4.69) is 9.82 Å². The fourth-order valence-electron chi connectivity index (χ4n) is 6.65. The zero-order valence-corrected chi connectivity index (χ0v) is 31.6. The number of alkyl halides is 6. The number of H-pyrrole nitrogens is 1.